The van der Waals surface area contributed by atoms with Gasteiger partial charge >= 0.3 is 0 Å². The van der Waals surface area contributed by atoms with E-state index in [-0.39, 0.29) is 17.9 Å². The van der Waals surface area contributed by atoms with Gasteiger partial charge in [-0.25, -0.2) is 0 Å². The van der Waals surface area contributed by atoms with Crippen LogP contribution < -0.4 is 11.1 Å². The van der Waals surface area contributed by atoms with Gasteiger partial charge < -0.3 is 11.1 Å². The Bertz CT molecular complexity index is 642. The quantitative estimate of drug-likeness (QED) is 0.842. The lowest BCUT2D eigenvalue weighted by Gasteiger charge is -2.18. The van der Waals surface area contributed by atoms with Crippen LogP contribution in [0.3, 0.4) is 0 Å². The van der Waals surface area contributed by atoms with Gasteiger partial charge in [0.2, 0.25) is 5.91 Å². The Hall–Kier alpha value is -2.00. The summed E-state index contributed by atoms with van der Waals surface area (Å²) in [6.45, 7) is 3.81. The molecule has 0 fully saturated rings. The Kier molecular flexibility index (Phi) is 4.86. The van der Waals surface area contributed by atoms with E-state index in [4.69, 9.17) is 17.3 Å². The van der Waals surface area contributed by atoms with Crippen LogP contribution in [0.25, 0.3) is 0 Å². The van der Waals surface area contributed by atoms with Crippen molar-refractivity contribution < 1.29 is 4.79 Å². The van der Waals surface area contributed by atoms with Gasteiger partial charge in [-0.1, -0.05) is 35.9 Å². The molecule has 2 aromatic rings. The predicted octanol–water partition coefficient (Wildman–Crippen LogP) is 3.90. The number of halogens is 1. The highest BCUT2D eigenvalue weighted by molar-refractivity contribution is 6.30. The average molecular weight is 303 g/mol. The van der Waals surface area contributed by atoms with Crippen LogP contribution in [-0.2, 0) is 4.79 Å². The van der Waals surface area contributed by atoms with E-state index in [1.807, 2.05) is 62.4 Å². The number of hydrogen-bond acceptors (Lipinski definition) is 2. The summed E-state index contributed by atoms with van der Waals surface area (Å²) in [5.74, 6) is -0.289. The Morgan fingerprint density at radius 2 is 1.76 bits per heavy atom. The number of carbonyl (C=O) groups is 1. The van der Waals surface area contributed by atoms with Gasteiger partial charge in [-0.2, -0.15) is 0 Å². The van der Waals surface area contributed by atoms with Crippen molar-refractivity contribution in [1.29, 1.82) is 0 Å². The van der Waals surface area contributed by atoms with Crippen LogP contribution in [0.4, 0.5) is 5.69 Å². The van der Waals surface area contributed by atoms with Crippen LogP contribution in [-0.4, -0.2) is 5.91 Å². The predicted molar refractivity (Wildman–Crippen MR) is 87.3 cm³/mol. The minimum absolute atomic E-state index is 0.0342. The van der Waals surface area contributed by atoms with Crippen molar-refractivity contribution in [2.45, 2.75) is 25.8 Å². The molecule has 3 nitrogen and oxygen atoms in total. The van der Waals surface area contributed by atoms with E-state index in [0.717, 1.165) is 11.1 Å². The summed E-state index contributed by atoms with van der Waals surface area (Å²) in [4.78, 5) is 12.3. The first kappa shape index (κ1) is 15.4. The number of benzene rings is 2. The fourth-order valence-electron chi connectivity index (χ4n) is 2.18. The van der Waals surface area contributed by atoms with Crippen LogP contribution in [0.15, 0.2) is 48.5 Å². The molecule has 2 unspecified atom stereocenters. The molecule has 0 spiro atoms. The smallest absolute Gasteiger partial charge is 0.227 e. The summed E-state index contributed by atoms with van der Waals surface area (Å²) >= 11 is 5.97. The second-order valence-corrected chi connectivity index (χ2v) is 5.61. The van der Waals surface area contributed by atoms with Gasteiger partial charge in [0.1, 0.15) is 0 Å². The fraction of sp³-hybridized carbons (Fsp3) is 0.235. The first-order valence-electron chi connectivity index (χ1n) is 6.88. The molecule has 2 rings (SSSR count). The number of amides is 1. The van der Waals surface area contributed by atoms with Crippen molar-refractivity contribution in [2.24, 2.45) is 0 Å². The minimum atomic E-state index is -0.255. The number of rotatable bonds is 4. The number of carbonyl (C=O) groups excluding carboxylic acids is 1. The summed E-state index contributed by atoms with van der Waals surface area (Å²) in [7, 11) is 0. The summed E-state index contributed by atoms with van der Waals surface area (Å²) in [6.07, 6.45) is 0. The van der Waals surface area contributed by atoms with Gasteiger partial charge in [-0.3, -0.25) is 4.79 Å². The molecule has 0 aromatic heterocycles. The van der Waals surface area contributed by atoms with E-state index in [2.05, 4.69) is 5.32 Å². The van der Waals surface area contributed by atoms with Crippen LogP contribution in [0.1, 0.15) is 36.9 Å². The van der Waals surface area contributed by atoms with Crippen LogP contribution in [0, 0.1) is 0 Å². The third kappa shape index (κ3) is 3.99. The number of nitrogens with one attached hydrogen (secondary N) is 1. The van der Waals surface area contributed by atoms with E-state index in [1.165, 1.54) is 0 Å². The van der Waals surface area contributed by atoms with Gasteiger partial charge in [0.05, 0.1) is 12.0 Å². The fourth-order valence-corrected chi connectivity index (χ4v) is 2.38. The van der Waals surface area contributed by atoms with Crippen LogP contribution >= 0.6 is 11.6 Å². The topological polar surface area (TPSA) is 55.1 Å². The SMILES string of the molecule is CC(NC(=O)C(C)c1cccc(N)c1)c1cccc(Cl)c1. The maximum Gasteiger partial charge on any atom is 0.227 e. The number of nitrogen functional groups attached to an aromatic ring is 1. The van der Waals surface area contributed by atoms with Crippen molar-refractivity contribution in [2.75, 3.05) is 5.73 Å². The Balaban J connectivity index is 2.07. The van der Waals surface area contributed by atoms with E-state index in [1.54, 1.807) is 0 Å². The molecule has 0 aliphatic rings. The molecular formula is C17H19ClN2O. The Labute approximate surface area is 130 Å². The molecule has 2 aromatic carbocycles. The first-order valence-corrected chi connectivity index (χ1v) is 7.26. The molecule has 0 heterocycles. The van der Waals surface area contributed by atoms with E-state index >= 15 is 0 Å². The largest absolute Gasteiger partial charge is 0.399 e. The molecule has 0 aliphatic heterocycles. The third-order valence-corrected chi connectivity index (χ3v) is 3.75. The van der Waals surface area contributed by atoms with Gasteiger partial charge in [0.15, 0.2) is 0 Å². The van der Waals surface area contributed by atoms with E-state index < -0.39 is 0 Å². The van der Waals surface area contributed by atoms with Crippen molar-refractivity contribution in [3.8, 4) is 0 Å². The number of nitrogens with two attached hydrogens (primary N) is 1. The Morgan fingerprint density at radius 3 is 2.43 bits per heavy atom. The van der Waals surface area contributed by atoms with Crippen molar-refractivity contribution in [3.05, 3.63) is 64.7 Å². The van der Waals surface area contributed by atoms with Gasteiger partial charge in [-0.05, 0) is 49.2 Å². The molecule has 0 saturated carbocycles. The molecule has 0 radical (unpaired) electrons. The number of anilines is 1. The maximum atomic E-state index is 12.3. The van der Waals surface area contributed by atoms with Gasteiger partial charge in [0.25, 0.3) is 0 Å². The van der Waals surface area contributed by atoms with Crippen LogP contribution in [0.2, 0.25) is 5.02 Å². The summed E-state index contributed by atoms with van der Waals surface area (Å²) in [6, 6.07) is 14.8. The molecular weight excluding hydrogens is 284 g/mol. The summed E-state index contributed by atoms with van der Waals surface area (Å²) in [5.41, 5.74) is 8.31. The lowest BCUT2D eigenvalue weighted by Crippen LogP contribution is -2.30. The minimum Gasteiger partial charge on any atom is -0.399 e. The monoisotopic (exact) mass is 302 g/mol. The first-order chi connectivity index (χ1) is 9.97. The summed E-state index contributed by atoms with van der Waals surface area (Å²) < 4.78 is 0. The zero-order valence-electron chi connectivity index (χ0n) is 12.1. The molecule has 110 valence electrons. The number of hydrogen-bond donors (Lipinski definition) is 2. The normalized spacial score (nSPS) is 13.5. The highest BCUT2D eigenvalue weighted by Gasteiger charge is 2.18. The highest BCUT2D eigenvalue weighted by atomic mass is 35.5. The summed E-state index contributed by atoms with van der Waals surface area (Å²) in [5, 5.41) is 3.67. The zero-order chi connectivity index (χ0) is 15.4. The standard InChI is InChI=1S/C17H19ClN2O/c1-11(13-5-4-8-16(19)10-13)17(21)20-12(2)14-6-3-7-15(18)9-14/h3-12H,19H2,1-2H3,(H,20,21). The van der Waals surface area contributed by atoms with E-state index in [9.17, 15) is 4.79 Å². The lowest BCUT2D eigenvalue weighted by molar-refractivity contribution is -0.122. The molecule has 21 heavy (non-hydrogen) atoms. The lowest BCUT2D eigenvalue weighted by atomic mass is 9.99. The van der Waals surface area contributed by atoms with E-state index in [0.29, 0.717) is 10.7 Å². The van der Waals surface area contributed by atoms with Crippen LogP contribution in [0.5, 0.6) is 0 Å². The second kappa shape index (κ2) is 6.64. The molecule has 4 heteroatoms. The van der Waals surface area contributed by atoms with Gasteiger partial charge in [0, 0.05) is 10.7 Å². The molecule has 0 aliphatic carbocycles. The maximum absolute atomic E-state index is 12.3. The molecule has 1 amide bonds. The van der Waals surface area contributed by atoms with Crippen molar-refractivity contribution >= 4 is 23.2 Å². The molecule has 2 atom stereocenters. The molecule has 0 saturated heterocycles. The second-order valence-electron chi connectivity index (χ2n) is 5.18. The molecule has 3 N–H and O–H groups in total. The van der Waals surface area contributed by atoms with Crippen molar-refractivity contribution in [1.82, 2.24) is 5.32 Å². The van der Waals surface area contributed by atoms with Gasteiger partial charge in [-0.15, -0.1) is 0 Å². The third-order valence-electron chi connectivity index (χ3n) is 3.51. The highest BCUT2D eigenvalue weighted by Crippen LogP contribution is 2.21. The molecule has 0 bridgehead atoms. The average Bonchev–Trinajstić information content (AvgIpc) is 2.46. The van der Waals surface area contributed by atoms with Crippen molar-refractivity contribution in [3.63, 3.8) is 0 Å². The zero-order valence-corrected chi connectivity index (χ0v) is 12.9. The Morgan fingerprint density at radius 1 is 1.10 bits per heavy atom.